The lowest BCUT2D eigenvalue weighted by Gasteiger charge is -2.23. The van der Waals surface area contributed by atoms with Crippen molar-refractivity contribution in [2.24, 2.45) is 0 Å². The van der Waals surface area contributed by atoms with Crippen LogP contribution >= 0.6 is 0 Å². The Morgan fingerprint density at radius 1 is 1.22 bits per heavy atom. The summed E-state index contributed by atoms with van der Waals surface area (Å²) in [4.78, 5) is 24.8. The van der Waals surface area contributed by atoms with Crippen LogP contribution in [-0.4, -0.2) is 26.4 Å². The van der Waals surface area contributed by atoms with Crippen LogP contribution in [0.4, 0.5) is 5.69 Å². The Morgan fingerprint density at radius 2 is 1.96 bits per heavy atom. The molecule has 118 valence electrons. The van der Waals surface area contributed by atoms with E-state index in [4.69, 9.17) is 4.74 Å². The van der Waals surface area contributed by atoms with Gasteiger partial charge in [-0.05, 0) is 40.6 Å². The molecule has 2 aromatic rings. The minimum atomic E-state index is -0.342. The van der Waals surface area contributed by atoms with Gasteiger partial charge in [0, 0.05) is 23.8 Å². The standard InChI is InChI=1S/C19H19NO3/c1-19(2)16(9-10-21)20(3)15-8-6-12-11-13(18(22)23-4)5-7-14(12)17(15)19/h5-11H,1-4H3. The molecule has 0 fully saturated rings. The highest BCUT2D eigenvalue weighted by Crippen LogP contribution is 2.49. The van der Waals surface area contributed by atoms with E-state index in [-0.39, 0.29) is 11.4 Å². The maximum absolute atomic E-state index is 11.7. The number of likely N-dealkylation sites (N-methyl/N-ethyl adjacent to an activating group) is 1. The minimum Gasteiger partial charge on any atom is -0.465 e. The smallest absolute Gasteiger partial charge is 0.337 e. The van der Waals surface area contributed by atoms with Gasteiger partial charge in [0.1, 0.15) is 6.29 Å². The molecule has 2 aromatic carbocycles. The summed E-state index contributed by atoms with van der Waals surface area (Å²) in [6, 6.07) is 9.62. The summed E-state index contributed by atoms with van der Waals surface area (Å²) in [6.45, 7) is 4.22. The molecular formula is C19H19NO3. The number of carbonyl (C=O) groups excluding carboxylic acids is 2. The van der Waals surface area contributed by atoms with E-state index < -0.39 is 0 Å². The predicted octanol–water partition coefficient (Wildman–Crippen LogP) is 3.44. The molecule has 0 aliphatic carbocycles. The SMILES string of the molecule is COC(=O)c1ccc2c3c(ccc2c1)N(C)C(=CC=O)C3(C)C. The molecule has 0 atom stereocenters. The molecule has 4 nitrogen and oxygen atoms in total. The molecule has 0 radical (unpaired) electrons. The number of ether oxygens (including phenoxy) is 1. The molecule has 23 heavy (non-hydrogen) atoms. The second kappa shape index (κ2) is 5.23. The highest BCUT2D eigenvalue weighted by atomic mass is 16.5. The molecular weight excluding hydrogens is 290 g/mol. The summed E-state index contributed by atoms with van der Waals surface area (Å²) in [5, 5.41) is 2.07. The van der Waals surface area contributed by atoms with Gasteiger partial charge in [-0.2, -0.15) is 0 Å². The minimum absolute atomic E-state index is 0.280. The fourth-order valence-corrected chi connectivity index (χ4v) is 3.56. The van der Waals surface area contributed by atoms with E-state index in [1.54, 1.807) is 12.1 Å². The third-order valence-electron chi connectivity index (χ3n) is 4.63. The third-order valence-corrected chi connectivity index (χ3v) is 4.63. The number of nitrogens with zero attached hydrogens (tertiary/aromatic N) is 1. The van der Waals surface area contributed by atoms with Crippen LogP contribution in [0.2, 0.25) is 0 Å². The number of esters is 1. The van der Waals surface area contributed by atoms with Crippen LogP contribution in [0.5, 0.6) is 0 Å². The van der Waals surface area contributed by atoms with Crippen molar-refractivity contribution in [1.82, 2.24) is 0 Å². The normalized spacial score (nSPS) is 17.4. The van der Waals surface area contributed by atoms with E-state index in [0.717, 1.165) is 28.4 Å². The Balaban J connectivity index is 2.28. The predicted molar refractivity (Wildman–Crippen MR) is 90.9 cm³/mol. The Bertz CT molecular complexity index is 849. The Hall–Kier alpha value is -2.62. The van der Waals surface area contributed by atoms with Crippen molar-refractivity contribution < 1.29 is 14.3 Å². The number of hydrogen-bond acceptors (Lipinski definition) is 4. The van der Waals surface area contributed by atoms with Crippen molar-refractivity contribution in [3.05, 3.63) is 53.2 Å². The molecule has 0 saturated carbocycles. The first-order valence-corrected chi connectivity index (χ1v) is 7.47. The molecule has 0 unspecified atom stereocenters. The first-order chi connectivity index (χ1) is 10.9. The van der Waals surface area contributed by atoms with Crippen LogP contribution in [0.3, 0.4) is 0 Å². The number of rotatable bonds is 2. The largest absolute Gasteiger partial charge is 0.465 e. The summed E-state index contributed by atoms with van der Waals surface area (Å²) in [5.41, 5.74) is 3.47. The van der Waals surface area contributed by atoms with Crippen molar-refractivity contribution in [2.45, 2.75) is 19.3 Å². The molecule has 0 saturated heterocycles. The molecule has 1 heterocycles. The molecule has 0 spiro atoms. The Kier molecular flexibility index (Phi) is 3.48. The van der Waals surface area contributed by atoms with Gasteiger partial charge < -0.3 is 9.64 Å². The van der Waals surface area contributed by atoms with E-state index in [0.29, 0.717) is 5.56 Å². The summed E-state index contributed by atoms with van der Waals surface area (Å²) in [5.74, 6) is -0.342. The van der Waals surface area contributed by atoms with Crippen LogP contribution in [0.15, 0.2) is 42.1 Å². The van der Waals surface area contributed by atoms with E-state index >= 15 is 0 Å². The molecule has 0 amide bonds. The molecule has 0 bridgehead atoms. The highest BCUT2D eigenvalue weighted by molar-refractivity contribution is 6.00. The first-order valence-electron chi connectivity index (χ1n) is 7.47. The lowest BCUT2D eigenvalue weighted by Crippen LogP contribution is -2.23. The average molecular weight is 309 g/mol. The number of anilines is 1. The summed E-state index contributed by atoms with van der Waals surface area (Å²) in [6.07, 6.45) is 2.45. The van der Waals surface area contributed by atoms with Crippen LogP contribution in [0.1, 0.15) is 29.8 Å². The maximum Gasteiger partial charge on any atom is 0.337 e. The Morgan fingerprint density at radius 3 is 2.61 bits per heavy atom. The maximum atomic E-state index is 11.7. The number of carbonyl (C=O) groups is 2. The van der Waals surface area contributed by atoms with E-state index in [1.807, 2.05) is 31.3 Å². The number of fused-ring (bicyclic) bond motifs is 3. The molecule has 0 aromatic heterocycles. The lowest BCUT2D eigenvalue weighted by atomic mass is 9.81. The summed E-state index contributed by atoms with van der Waals surface area (Å²) in [7, 11) is 3.35. The quantitative estimate of drug-likeness (QED) is 0.484. The number of hydrogen-bond donors (Lipinski definition) is 0. The van der Waals surface area contributed by atoms with Crippen LogP contribution in [-0.2, 0) is 14.9 Å². The zero-order chi connectivity index (χ0) is 16.8. The first kappa shape index (κ1) is 15.3. The fourth-order valence-electron chi connectivity index (χ4n) is 3.56. The van der Waals surface area contributed by atoms with Gasteiger partial charge in [0.15, 0.2) is 0 Å². The number of methoxy groups -OCH3 is 1. The van der Waals surface area contributed by atoms with Gasteiger partial charge in [-0.1, -0.05) is 26.0 Å². The van der Waals surface area contributed by atoms with Crippen LogP contribution in [0.25, 0.3) is 10.8 Å². The molecule has 4 heteroatoms. The second-order valence-corrected chi connectivity index (χ2v) is 6.26. The molecule has 0 N–H and O–H groups in total. The van der Waals surface area contributed by atoms with Gasteiger partial charge in [-0.25, -0.2) is 4.79 Å². The number of allylic oxidation sites excluding steroid dienone is 2. The highest BCUT2D eigenvalue weighted by Gasteiger charge is 2.39. The van der Waals surface area contributed by atoms with Gasteiger partial charge in [0.2, 0.25) is 0 Å². The van der Waals surface area contributed by atoms with Gasteiger partial charge in [-0.15, -0.1) is 0 Å². The van der Waals surface area contributed by atoms with Gasteiger partial charge in [0.05, 0.1) is 12.7 Å². The topological polar surface area (TPSA) is 46.6 Å². The molecule has 1 aliphatic heterocycles. The zero-order valence-corrected chi connectivity index (χ0v) is 13.7. The van der Waals surface area contributed by atoms with Crippen molar-refractivity contribution >= 4 is 28.7 Å². The monoisotopic (exact) mass is 309 g/mol. The third kappa shape index (κ3) is 2.13. The Labute approximate surface area is 135 Å². The average Bonchev–Trinajstić information content (AvgIpc) is 2.74. The number of aldehydes is 1. The van der Waals surface area contributed by atoms with Gasteiger partial charge in [-0.3, -0.25) is 4.79 Å². The van der Waals surface area contributed by atoms with E-state index in [9.17, 15) is 9.59 Å². The summed E-state index contributed by atoms with van der Waals surface area (Å²) < 4.78 is 4.79. The fraction of sp³-hybridized carbons (Fsp3) is 0.263. The zero-order valence-electron chi connectivity index (χ0n) is 13.7. The van der Waals surface area contributed by atoms with Crippen LogP contribution in [0, 0.1) is 0 Å². The summed E-state index contributed by atoms with van der Waals surface area (Å²) >= 11 is 0. The molecule has 1 aliphatic rings. The van der Waals surface area contributed by atoms with Crippen molar-refractivity contribution in [2.75, 3.05) is 19.1 Å². The van der Waals surface area contributed by atoms with E-state index in [1.165, 1.54) is 12.7 Å². The van der Waals surface area contributed by atoms with Gasteiger partial charge in [0.25, 0.3) is 0 Å². The lowest BCUT2D eigenvalue weighted by molar-refractivity contribution is -0.104. The van der Waals surface area contributed by atoms with Crippen LogP contribution < -0.4 is 4.90 Å². The molecule has 3 rings (SSSR count). The number of benzene rings is 2. The van der Waals surface area contributed by atoms with Crippen molar-refractivity contribution in [3.8, 4) is 0 Å². The van der Waals surface area contributed by atoms with Crippen molar-refractivity contribution in [1.29, 1.82) is 0 Å². The second-order valence-electron chi connectivity index (χ2n) is 6.26. The van der Waals surface area contributed by atoms with E-state index in [2.05, 4.69) is 18.7 Å². The van der Waals surface area contributed by atoms with Gasteiger partial charge >= 0.3 is 5.97 Å². The van der Waals surface area contributed by atoms with Crippen molar-refractivity contribution in [3.63, 3.8) is 0 Å².